The molecule has 6 nitrogen and oxygen atoms in total. The van der Waals surface area contributed by atoms with E-state index in [0.717, 1.165) is 55.1 Å². The number of aromatic nitrogens is 3. The lowest BCUT2D eigenvalue weighted by Gasteiger charge is -2.27. The van der Waals surface area contributed by atoms with Crippen LogP contribution in [0, 0.1) is 12.8 Å². The number of nitrogens with zero attached hydrogens (tertiary/aromatic N) is 5. The van der Waals surface area contributed by atoms with Crippen molar-refractivity contribution in [2.45, 2.75) is 32.9 Å². The summed E-state index contributed by atoms with van der Waals surface area (Å²) >= 11 is 6.07. The molecule has 3 rings (SSSR count). The average Bonchev–Trinajstić information content (AvgIpc) is 2.96. The van der Waals surface area contributed by atoms with Gasteiger partial charge in [-0.05, 0) is 37.0 Å². The van der Waals surface area contributed by atoms with Crippen LogP contribution >= 0.6 is 35.6 Å². The van der Waals surface area contributed by atoms with E-state index in [4.69, 9.17) is 11.6 Å². The second kappa shape index (κ2) is 9.55. The van der Waals surface area contributed by atoms with Gasteiger partial charge in [-0.1, -0.05) is 23.7 Å². The van der Waals surface area contributed by atoms with Crippen LogP contribution in [0.2, 0.25) is 5.02 Å². The summed E-state index contributed by atoms with van der Waals surface area (Å²) in [5, 5.41) is 12.7. The number of guanidine groups is 1. The zero-order valence-electron chi connectivity index (χ0n) is 15.4. The predicted octanol–water partition coefficient (Wildman–Crippen LogP) is 3.13. The van der Waals surface area contributed by atoms with Crippen LogP contribution in [0.3, 0.4) is 0 Å². The number of aliphatic imine (C=N–C) groups is 1. The molecule has 1 atom stereocenters. The van der Waals surface area contributed by atoms with E-state index in [1.54, 1.807) is 0 Å². The molecule has 0 radical (unpaired) electrons. The van der Waals surface area contributed by atoms with E-state index in [-0.39, 0.29) is 24.0 Å². The van der Waals surface area contributed by atoms with Crippen LogP contribution < -0.4 is 5.32 Å². The molecule has 0 bridgehead atoms. The molecule has 0 saturated carbocycles. The fourth-order valence-electron chi connectivity index (χ4n) is 3.30. The summed E-state index contributed by atoms with van der Waals surface area (Å²) in [6, 6.07) is 7.93. The van der Waals surface area contributed by atoms with Gasteiger partial charge in [0.15, 0.2) is 5.96 Å². The van der Waals surface area contributed by atoms with Gasteiger partial charge in [0.25, 0.3) is 0 Å². The van der Waals surface area contributed by atoms with Gasteiger partial charge in [0.05, 0.1) is 0 Å². The molecule has 1 aromatic carbocycles. The zero-order chi connectivity index (χ0) is 17.8. The molecule has 1 aliphatic rings. The zero-order valence-corrected chi connectivity index (χ0v) is 18.5. The second-order valence-corrected chi connectivity index (χ2v) is 7.03. The Labute approximate surface area is 177 Å². The summed E-state index contributed by atoms with van der Waals surface area (Å²) in [7, 11) is 3.86. The molecule has 1 aliphatic heterocycles. The molecule has 1 aromatic heterocycles. The van der Waals surface area contributed by atoms with Crippen LogP contribution in [0.1, 0.15) is 23.6 Å². The molecule has 0 aliphatic carbocycles. The molecule has 26 heavy (non-hydrogen) atoms. The van der Waals surface area contributed by atoms with Gasteiger partial charge < -0.3 is 14.8 Å². The number of halogens is 2. The van der Waals surface area contributed by atoms with Gasteiger partial charge in [-0.3, -0.25) is 4.99 Å². The van der Waals surface area contributed by atoms with Gasteiger partial charge in [0.2, 0.25) is 0 Å². The highest BCUT2D eigenvalue weighted by molar-refractivity contribution is 14.0. The highest BCUT2D eigenvalue weighted by atomic mass is 127. The Bertz CT molecular complexity index is 760. The predicted molar refractivity (Wildman–Crippen MR) is 116 cm³/mol. The van der Waals surface area contributed by atoms with Crippen molar-refractivity contribution in [3.8, 4) is 0 Å². The minimum absolute atomic E-state index is 0. The van der Waals surface area contributed by atoms with Crippen molar-refractivity contribution >= 4 is 41.5 Å². The molecule has 1 unspecified atom stereocenters. The Morgan fingerprint density at radius 1 is 1.42 bits per heavy atom. The normalized spacial score (nSPS) is 16.6. The van der Waals surface area contributed by atoms with Crippen molar-refractivity contribution in [3.05, 3.63) is 46.5 Å². The van der Waals surface area contributed by atoms with Crippen molar-refractivity contribution in [1.82, 2.24) is 25.0 Å². The maximum atomic E-state index is 6.07. The fraction of sp³-hybridized carbons (Fsp3) is 0.500. The molecule has 2 heterocycles. The van der Waals surface area contributed by atoms with E-state index >= 15 is 0 Å². The standard InChI is InChI=1S/C18H25ClN6.HI/c1-13-22-23-17-8-7-15(12-25(13)17)10-21-18(20-2)24(3)11-14-5-4-6-16(19)9-14;/h4-6,9,15H,7-8,10-12H2,1-3H3,(H,20,21);1H. The molecule has 8 heteroatoms. The Balaban J connectivity index is 0.00000243. The molecule has 0 spiro atoms. The largest absolute Gasteiger partial charge is 0.356 e. The summed E-state index contributed by atoms with van der Waals surface area (Å²) < 4.78 is 2.23. The van der Waals surface area contributed by atoms with Crippen LogP contribution in [-0.2, 0) is 19.5 Å². The number of rotatable bonds is 4. The first kappa shape index (κ1) is 21.0. The molecular formula is C18H26ClIN6. The molecular weight excluding hydrogens is 463 g/mol. The molecule has 0 saturated heterocycles. The van der Waals surface area contributed by atoms with Gasteiger partial charge in [0, 0.05) is 45.2 Å². The summed E-state index contributed by atoms with van der Waals surface area (Å²) in [6.45, 7) is 4.64. The van der Waals surface area contributed by atoms with Crippen molar-refractivity contribution in [3.63, 3.8) is 0 Å². The van der Waals surface area contributed by atoms with Crippen LogP contribution in [0.4, 0.5) is 0 Å². The smallest absolute Gasteiger partial charge is 0.193 e. The van der Waals surface area contributed by atoms with E-state index in [1.165, 1.54) is 5.56 Å². The topological polar surface area (TPSA) is 58.3 Å². The number of aryl methyl sites for hydroxylation is 2. The second-order valence-electron chi connectivity index (χ2n) is 6.59. The summed E-state index contributed by atoms with van der Waals surface area (Å²) in [4.78, 5) is 6.52. The number of hydrogen-bond acceptors (Lipinski definition) is 3. The van der Waals surface area contributed by atoms with E-state index < -0.39 is 0 Å². The van der Waals surface area contributed by atoms with Crippen molar-refractivity contribution in [2.24, 2.45) is 10.9 Å². The first-order valence-electron chi connectivity index (χ1n) is 8.61. The third-order valence-corrected chi connectivity index (χ3v) is 4.90. The minimum Gasteiger partial charge on any atom is -0.356 e. The quantitative estimate of drug-likeness (QED) is 0.408. The maximum Gasteiger partial charge on any atom is 0.193 e. The third kappa shape index (κ3) is 5.09. The van der Waals surface area contributed by atoms with Crippen LogP contribution in [0.5, 0.6) is 0 Å². The number of fused-ring (bicyclic) bond motifs is 1. The Hall–Kier alpha value is -1.35. The van der Waals surface area contributed by atoms with E-state index in [9.17, 15) is 0 Å². The van der Waals surface area contributed by atoms with Crippen LogP contribution in [-0.4, -0.2) is 46.3 Å². The highest BCUT2D eigenvalue weighted by Gasteiger charge is 2.22. The minimum atomic E-state index is 0. The highest BCUT2D eigenvalue weighted by Crippen LogP contribution is 2.19. The fourth-order valence-corrected chi connectivity index (χ4v) is 3.51. The Kier molecular flexibility index (Phi) is 7.69. The van der Waals surface area contributed by atoms with Gasteiger partial charge >= 0.3 is 0 Å². The number of hydrogen-bond donors (Lipinski definition) is 1. The number of benzene rings is 1. The third-order valence-electron chi connectivity index (χ3n) is 4.66. The Morgan fingerprint density at radius 2 is 2.23 bits per heavy atom. The van der Waals surface area contributed by atoms with Crippen molar-refractivity contribution in [1.29, 1.82) is 0 Å². The number of nitrogens with one attached hydrogen (secondary N) is 1. The summed E-state index contributed by atoms with van der Waals surface area (Å²) in [6.07, 6.45) is 2.12. The molecule has 0 fully saturated rings. The molecule has 1 N–H and O–H groups in total. The van der Waals surface area contributed by atoms with Crippen molar-refractivity contribution < 1.29 is 0 Å². The van der Waals surface area contributed by atoms with Gasteiger partial charge in [0.1, 0.15) is 11.6 Å². The first-order chi connectivity index (χ1) is 12.1. The summed E-state index contributed by atoms with van der Waals surface area (Å²) in [5.74, 6) is 3.56. The molecule has 0 amide bonds. The average molecular weight is 489 g/mol. The van der Waals surface area contributed by atoms with Gasteiger partial charge in [-0.15, -0.1) is 34.2 Å². The summed E-state index contributed by atoms with van der Waals surface area (Å²) in [5.41, 5.74) is 1.17. The van der Waals surface area contributed by atoms with E-state index in [1.807, 2.05) is 39.2 Å². The van der Waals surface area contributed by atoms with Crippen LogP contribution in [0.25, 0.3) is 0 Å². The van der Waals surface area contributed by atoms with Crippen LogP contribution in [0.15, 0.2) is 29.3 Å². The van der Waals surface area contributed by atoms with E-state index in [2.05, 4.69) is 36.0 Å². The lowest BCUT2D eigenvalue weighted by atomic mass is 9.99. The monoisotopic (exact) mass is 488 g/mol. The molecule has 2 aromatic rings. The SMILES string of the molecule is CN=C(NCC1CCc2nnc(C)n2C1)N(C)Cc1cccc(Cl)c1.I. The van der Waals surface area contributed by atoms with Gasteiger partial charge in [-0.25, -0.2) is 0 Å². The van der Waals surface area contributed by atoms with Crippen molar-refractivity contribution in [2.75, 3.05) is 20.6 Å². The maximum absolute atomic E-state index is 6.07. The van der Waals surface area contributed by atoms with E-state index in [0.29, 0.717) is 5.92 Å². The lowest BCUT2D eigenvalue weighted by Crippen LogP contribution is -2.42. The Morgan fingerprint density at radius 3 is 2.96 bits per heavy atom. The lowest BCUT2D eigenvalue weighted by molar-refractivity contribution is 0.352. The van der Waals surface area contributed by atoms with Gasteiger partial charge in [-0.2, -0.15) is 0 Å². The first-order valence-corrected chi connectivity index (χ1v) is 8.99. The molecule has 142 valence electrons.